The number of aldehydes is 1. The van der Waals surface area contributed by atoms with E-state index >= 15 is 0 Å². The van der Waals surface area contributed by atoms with Gasteiger partial charge in [0.1, 0.15) is 6.29 Å². The summed E-state index contributed by atoms with van der Waals surface area (Å²) in [6.07, 6.45) is 6.11. The van der Waals surface area contributed by atoms with Crippen molar-refractivity contribution in [2.75, 3.05) is 6.61 Å². The highest BCUT2D eigenvalue weighted by molar-refractivity contribution is 6.67. The molecule has 0 aliphatic carbocycles. The van der Waals surface area contributed by atoms with E-state index in [1.54, 1.807) is 13.0 Å². The quantitative estimate of drug-likeness (QED) is 0.0403. The molecule has 0 spiro atoms. The Balaban J connectivity index is 0.000000284. The molecule has 0 heterocycles. The first-order chi connectivity index (χ1) is 23.9. The van der Waals surface area contributed by atoms with Crippen molar-refractivity contribution in [1.82, 2.24) is 0 Å². The van der Waals surface area contributed by atoms with E-state index < -0.39 is 11.9 Å². The summed E-state index contributed by atoms with van der Waals surface area (Å²) in [5.74, 6) is -1.78. The van der Waals surface area contributed by atoms with Gasteiger partial charge in [-0.2, -0.15) is 0 Å². The van der Waals surface area contributed by atoms with Crippen molar-refractivity contribution >= 4 is 45.2 Å². The van der Waals surface area contributed by atoms with E-state index in [0.29, 0.717) is 25.5 Å². The van der Waals surface area contributed by atoms with Gasteiger partial charge in [0.15, 0.2) is 14.6 Å². The second-order valence-electron chi connectivity index (χ2n) is 11.3. The van der Waals surface area contributed by atoms with E-state index in [1.165, 1.54) is 27.0 Å². The molecule has 2 atom stereocenters. The minimum atomic E-state index is -0.696. The van der Waals surface area contributed by atoms with Gasteiger partial charge in [0.2, 0.25) is 5.76 Å². The lowest BCUT2D eigenvalue weighted by atomic mass is 9.70. The van der Waals surface area contributed by atoms with Crippen molar-refractivity contribution in [1.29, 1.82) is 0 Å². The van der Waals surface area contributed by atoms with Gasteiger partial charge in [0.05, 0.1) is 19.0 Å². The number of rotatable bonds is 17. The largest absolute Gasteiger partial charge is 0.460 e. The lowest BCUT2D eigenvalue weighted by Crippen LogP contribution is -2.16. The molecule has 0 amide bonds. The normalized spacial score (nSPS) is 11.8. The Hall–Kier alpha value is -5.30. The molecule has 0 saturated carbocycles. The predicted octanol–water partition coefficient (Wildman–Crippen LogP) is 6.86. The summed E-state index contributed by atoms with van der Waals surface area (Å²) < 4.78 is 10.00. The van der Waals surface area contributed by atoms with Gasteiger partial charge < -0.3 is 23.9 Å². The molecule has 0 bridgehead atoms. The minimum Gasteiger partial charge on any atom is -0.460 e. The van der Waals surface area contributed by atoms with Crippen molar-refractivity contribution in [3.05, 3.63) is 132 Å². The van der Waals surface area contributed by atoms with Crippen LogP contribution in [0.1, 0.15) is 25.0 Å². The first-order valence-corrected chi connectivity index (χ1v) is 16.2. The van der Waals surface area contributed by atoms with E-state index in [1.807, 2.05) is 84.9 Å². The van der Waals surface area contributed by atoms with Gasteiger partial charge in [-0.1, -0.05) is 122 Å². The van der Waals surface area contributed by atoms with Crippen LogP contribution in [-0.2, 0) is 46.3 Å². The van der Waals surface area contributed by atoms with Crippen LogP contribution in [0.4, 0.5) is 0 Å². The zero-order chi connectivity index (χ0) is 35.3. The Morgan fingerprint density at radius 1 is 0.633 bits per heavy atom. The average molecular weight is 654 g/mol. The number of hydrogen-bond acceptors (Lipinski definition) is 7. The standard InChI is InChI=1S/C23H24BO5.C17H16BO2/c1-3-28-23(27)22(29-17(2)26)14-19(15-24-16-25)13-18-9-11-21(12-10-18)20-7-5-4-6-8-20;19-12-15(11-18-13-20)10-14-6-8-17(9-7-14)16-4-2-1-3-5-16/h4-12,14,16,19H,3,13,15H2,1-2H3;1-9,12-13,15H,10-11H2/b22-14-;/t19-;15-/m10/s1. The van der Waals surface area contributed by atoms with Gasteiger partial charge in [-0.25, -0.2) is 4.79 Å². The van der Waals surface area contributed by atoms with Crippen LogP contribution in [0.25, 0.3) is 22.3 Å². The van der Waals surface area contributed by atoms with Crippen LogP contribution in [0, 0.1) is 11.8 Å². The fourth-order valence-corrected chi connectivity index (χ4v) is 5.11. The Morgan fingerprint density at radius 2 is 1.06 bits per heavy atom. The van der Waals surface area contributed by atoms with Crippen molar-refractivity contribution < 1.29 is 33.4 Å². The third-order valence-electron chi connectivity index (χ3n) is 7.50. The molecule has 0 saturated heterocycles. The van der Waals surface area contributed by atoms with Crippen LogP contribution in [-0.4, -0.2) is 51.8 Å². The minimum absolute atomic E-state index is 0.122. The Kier molecular flexibility index (Phi) is 16.8. The monoisotopic (exact) mass is 654 g/mol. The number of hydrogen-bond donors (Lipinski definition) is 0. The zero-order valence-electron chi connectivity index (χ0n) is 27.9. The molecule has 4 aromatic rings. The highest BCUT2D eigenvalue weighted by Crippen LogP contribution is 2.23. The summed E-state index contributed by atoms with van der Waals surface area (Å²) in [4.78, 5) is 55.5. The lowest BCUT2D eigenvalue weighted by molar-refractivity contribution is -0.150. The van der Waals surface area contributed by atoms with E-state index in [-0.39, 0.29) is 24.2 Å². The summed E-state index contributed by atoms with van der Waals surface area (Å²) in [5.41, 5.74) is 6.73. The maximum absolute atomic E-state index is 12.1. The molecule has 0 N–H and O–H groups in total. The summed E-state index contributed by atoms with van der Waals surface area (Å²) in [7, 11) is 2.98. The Morgan fingerprint density at radius 3 is 1.47 bits per heavy atom. The first-order valence-electron chi connectivity index (χ1n) is 16.2. The molecule has 0 unspecified atom stereocenters. The first kappa shape index (κ1) is 38.2. The smallest absolute Gasteiger partial charge is 0.374 e. The van der Waals surface area contributed by atoms with Crippen LogP contribution < -0.4 is 0 Å². The lowest BCUT2D eigenvalue weighted by Gasteiger charge is -2.14. The number of allylic oxidation sites excluding steroid dienone is 1. The van der Waals surface area contributed by atoms with E-state index in [4.69, 9.17) is 9.47 Å². The van der Waals surface area contributed by atoms with Crippen molar-refractivity contribution in [3.63, 3.8) is 0 Å². The van der Waals surface area contributed by atoms with E-state index in [2.05, 4.69) is 24.3 Å². The molecule has 0 aliphatic rings. The van der Waals surface area contributed by atoms with Crippen molar-refractivity contribution in [3.8, 4) is 22.3 Å². The maximum Gasteiger partial charge on any atom is 0.374 e. The van der Waals surface area contributed by atoms with Crippen molar-refractivity contribution in [2.24, 2.45) is 11.8 Å². The molecule has 4 rings (SSSR count). The van der Waals surface area contributed by atoms with Gasteiger partial charge in [-0.15, -0.1) is 0 Å². The SMILES string of the molecule is CCOC(=O)/C(=C/[C@H](C[B]C=O)Cc1ccc(-c2ccccc2)cc1)OC(C)=O.O=C[B]C[C@@H](C=O)Cc1ccc(-c2ccccc2)cc1. The summed E-state index contributed by atoms with van der Waals surface area (Å²) in [5, 5.41) is 0. The summed E-state index contributed by atoms with van der Waals surface area (Å²) in [6, 6.07) is 36.5. The highest BCUT2D eigenvalue weighted by Gasteiger charge is 2.19. The molecular formula is C40H40B2O7. The summed E-state index contributed by atoms with van der Waals surface area (Å²) >= 11 is 0. The molecule has 49 heavy (non-hydrogen) atoms. The van der Waals surface area contributed by atoms with Crippen molar-refractivity contribution in [2.45, 2.75) is 39.3 Å². The maximum atomic E-state index is 12.1. The third kappa shape index (κ3) is 13.8. The molecule has 248 valence electrons. The van der Waals surface area contributed by atoms with Crippen LogP contribution >= 0.6 is 0 Å². The second-order valence-corrected chi connectivity index (χ2v) is 11.3. The number of ether oxygens (including phenoxy) is 2. The average Bonchev–Trinajstić information content (AvgIpc) is 3.13. The van der Waals surface area contributed by atoms with E-state index in [9.17, 15) is 24.0 Å². The third-order valence-corrected chi connectivity index (χ3v) is 7.50. The van der Waals surface area contributed by atoms with Gasteiger partial charge >= 0.3 is 11.9 Å². The van der Waals surface area contributed by atoms with Crippen LogP contribution in [0.15, 0.2) is 121 Å². The number of carbonyl (C=O) groups excluding carboxylic acids is 5. The predicted molar refractivity (Wildman–Crippen MR) is 195 cm³/mol. The topological polar surface area (TPSA) is 104 Å². The van der Waals surface area contributed by atoms with Crippen LogP contribution in [0.2, 0.25) is 12.6 Å². The molecule has 0 aliphatic heterocycles. The Bertz CT molecular complexity index is 1640. The van der Waals surface area contributed by atoms with Crippen LogP contribution in [0.5, 0.6) is 0 Å². The summed E-state index contributed by atoms with van der Waals surface area (Å²) in [6.45, 7) is 3.07. The highest BCUT2D eigenvalue weighted by atomic mass is 16.6. The van der Waals surface area contributed by atoms with Gasteiger partial charge in [0, 0.05) is 12.8 Å². The van der Waals surface area contributed by atoms with Gasteiger partial charge in [0.25, 0.3) is 0 Å². The fraction of sp³-hybridized carbons (Fsp3) is 0.225. The molecule has 2 radical (unpaired) electrons. The van der Waals surface area contributed by atoms with Gasteiger partial charge in [-0.3, -0.25) is 4.79 Å². The zero-order valence-corrected chi connectivity index (χ0v) is 27.9. The second kappa shape index (κ2) is 21.5. The number of benzene rings is 4. The van der Waals surface area contributed by atoms with Gasteiger partial charge in [-0.05, 0) is 65.1 Å². The molecule has 0 fully saturated rings. The fourth-order valence-electron chi connectivity index (χ4n) is 5.11. The Labute approximate surface area is 290 Å². The molecule has 0 aromatic heterocycles. The number of esters is 2. The molecule has 7 nitrogen and oxygen atoms in total. The molecular weight excluding hydrogens is 614 g/mol. The van der Waals surface area contributed by atoms with Crippen LogP contribution in [0.3, 0.4) is 0 Å². The van der Waals surface area contributed by atoms with E-state index in [0.717, 1.165) is 46.5 Å². The molecule has 4 aromatic carbocycles. The number of carbonyl (C=O) groups is 5. The molecule has 9 heteroatoms.